The highest BCUT2D eigenvalue weighted by Crippen LogP contribution is 2.37. The summed E-state index contributed by atoms with van der Waals surface area (Å²) in [4.78, 5) is 25.3. The lowest BCUT2D eigenvalue weighted by atomic mass is 9.83. The van der Waals surface area contributed by atoms with E-state index in [4.69, 9.17) is 9.84 Å². The zero-order valence-corrected chi connectivity index (χ0v) is 16.8. The van der Waals surface area contributed by atoms with E-state index in [0.29, 0.717) is 22.9 Å². The number of carbonyl (C=O) groups is 2. The zero-order valence-electron chi connectivity index (χ0n) is 16.8. The number of rotatable bonds is 6. The molecule has 0 spiro atoms. The van der Waals surface area contributed by atoms with Crippen LogP contribution in [0, 0.1) is 11.3 Å². The van der Waals surface area contributed by atoms with Gasteiger partial charge in [-0.2, -0.15) is 14.0 Å². The number of carbonyl (C=O) groups excluding carboxylic acids is 1. The molecule has 0 saturated heterocycles. The molecule has 0 aromatic heterocycles. The summed E-state index contributed by atoms with van der Waals surface area (Å²) in [6.07, 6.45) is 3.71. The molecule has 0 saturated carbocycles. The van der Waals surface area contributed by atoms with Crippen molar-refractivity contribution in [2.45, 2.75) is 25.4 Å². The first-order chi connectivity index (χ1) is 14.7. The monoisotopic (exact) mass is 430 g/mol. The molecule has 0 radical (unpaired) electrons. The quantitative estimate of drug-likeness (QED) is 0.597. The number of hydrogen-bond acceptors (Lipinski definition) is 5. The molecule has 2 aliphatic heterocycles. The predicted octanol–water partition coefficient (Wildman–Crippen LogP) is 2.69. The van der Waals surface area contributed by atoms with Crippen molar-refractivity contribution in [2.24, 2.45) is 0 Å². The first-order valence-corrected chi connectivity index (χ1v) is 9.36. The number of hydrogen-bond donors (Lipinski definition) is 3. The molecule has 2 heterocycles. The first kappa shape index (κ1) is 21.8. The molecule has 0 aromatic rings. The standard InChI is InChI=1S/C21H20F2N4O4/c1-11-19-14(5-6-25-11)15-7-12(9-24)17(8-16(15)27(2)20(19)28)31-10-13(26-21(29)30)3-4-18(22)23/h4-8,13,16,25-26H,3,10H2,1-2H3,(H,29,30). The molecular weight excluding hydrogens is 410 g/mol. The van der Waals surface area contributed by atoms with Crippen LogP contribution in [0.2, 0.25) is 0 Å². The van der Waals surface area contributed by atoms with E-state index in [9.17, 15) is 23.6 Å². The van der Waals surface area contributed by atoms with Crippen LogP contribution in [0.1, 0.15) is 13.3 Å². The summed E-state index contributed by atoms with van der Waals surface area (Å²) >= 11 is 0. The molecule has 31 heavy (non-hydrogen) atoms. The summed E-state index contributed by atoms with van der Waals surface area (Å²) in [6, 6.07) is 0.594. The normalized spacial score (nSPS) is 20.5. The third kappa shape index (κ3) is 4.50. The summed E-state index contributed by atoms with van der Waals surface area (Å²) < 4.78 is 30.4. The lowest BCUT2D eigenvalue weighted by Crippen LogP contribution is -2.45. The third-order valence-electron chi connectivity index (χ3n) is 5.09. The molecule has 8 nitrogen and oxygen atoms in total. The molecule has 3 N–H and O–H groups in total. The van der Waals surface area contributed by atoms with Crippen molar-refractivity contribution in [3.63, 3.8) is 0 Å². The second-order valence-electron chi connectivity index (χ2n) is 7.10. The molecule has 0 aromatic carbocycles. The fourth-order valence-corrected chi connectivity index (χ4v) is 3.60. The second-order valence-corrected chi connectivity index (χ2v) is 7.10. The highest BCUT2D eigenvalue weighted by molar-refractivity contribution is 6.02. The molecule has 2 amide bonds. The van der Waals surface area contributed by atoms with Crippen LogP contribution in [0.5, 0.6) is 0 Å². The van der Waals surface area contributed by atoms with E-state index in [-0.39, 0.29) is 30.3 Å². The van der Waals surface area contributed by atoms with Crippen molar-refractivity contribution >= 4 is 12.0 Å². The van der Waals surface area contributed by atoms with Gasteiger partial charge in [-0.1, -0.05) is 0 Å². The van der Waals surface area contributed by atoms with E-state index in [2.05, 4.69) is 10.6 Å². The number of nitriles is 1. The maximum Gasteiger partial charge on any atom is 0.405 e. The van der Waals surface area contributed by atoms with Crippen LogP contribution in [0.3, 0.4) is 0 Å². The molecule has 2 unspecified atom stereocenters. The lowest BCUT2D eigenvalue weighted by Gasteiger charge is -2.38. The Hall–Kier alpha value is -3.87. The highest BCUT2D eigenvalue weighted by atomic mass is 19.3. The maximum atomic E-state index is 12.9. The number of nitrogens with zero attached hydrogens (tertiary/aromatic N) is 2. The maximum absolute atomic E-state index is 12.9. The summed E-state index contributed by atoms with van der Waals surface area (Å²) in [7, 11) is 1.63. The SMILES string of the molecule is CC1=C2C(=O)N(C)C3C=C(OCC(CC=C(F)F)NC(=O)O)C(C#N)=CC3=C2C=CN1. The van der Waals surface area contributed by atoms with Crippen LogP contribution < -0.4 is 10.6 Å². The summed E-state index contributed by atoms with van der Waals surface area (Å²) in [5.74, 6) is -0.0445. The Balaban J connectivity index is 1.90. The van der Waals surface area contributed by atoms with Crippen LogP contribution >= 0.6 is 0 Å². The fourth-order valence-electron chi connectivity index (χ4n) is 3.60. The number of amides is 2. The fraction of sp³-hybridized carbons (Fsp3) is 0.286. The molecule has 3 aliphatic rings. The summed E-state index contributed by atoms with van der Waals surface area (Å²) in [6.45, 7) is 1.52. The van der Waals surface area contributed by atoms with Gasteiger partial charge in [0.05, 0.1) is 23.2 Å². The van der Waals surface area contributed by atoms with Crippen molar-refractivity contribution in [1.29, 1.82) is 5.26 Å². The average molecular weight is 430 g/mol. The summed E-state index contributed by atoms with van der Waals surface area (Å²) in [5, 5.41) is 23.6. The molecule has 2 atom stereocenters. The van der Waals surface area contributed by atoms with E-state index < -0.39 is 24.3 Å². The van der Waals surface area contributed by atoms with E-state index >= 15 is 0 Å². The number of dihydropyridines is 1. The van der Waals surface area contributed by atoms with E-state index in [1.807, 2.05) is 6.07 Å². The number of carboxylic acid groups (broad SMARTS) is 1. The van der Waals surface area contributed by atoms with E-state index in [0.717, 1.165) is 5.57 Å². The van der Waals surface area contributed by atoms with Crippen molar-refractivity contribution < 1.29 is 28.2 Å². The topological polar surface area (TPSA) is 115 Å². The molecule has 0 bridgehead atoms. The van der Waals surface area contributed by atoms with Crippen molar-refractivity contribution in [1.82, 2.24) is 15.5 Å². The van der Waals surface area contributed by atoms with Crippen LogP contribution in [-0.4, -0.2) is 47.7 Å². The van der Waals surface area contributed by atoms with Gasteiger partial charge in [0.1, 0.15) is 18.4 Å². The van der Waals surface area contributed by atoms with Crippen molar-refractivity contribution in [3.05, 3.63) is 70.3 Å². The van der Waals surface area contributed by atoms with Gasteiger partial charge in [0.2, 0.25) is 0 Å². The molecule has 162 valence electrons. The predicted molar refractivity (Wildman–Crippen MR) is 106 cm³/mol. The van der Waals surface area contributed by atoms with Crippen LogP contribution in [-0.2, 0) is 9.53 Å². The number of likely N-dealkylation sites (N-methyl/N-ethyl adjacent to an activating group) is 1. The van der Waals surface area contributed by atoms with Gasteiger partial charge in [0, 0.05) is 18.9 Å². The van der Waals surface area contributed by atoms with E-state index in [1.165, 1.54) is 4.90 Å². The second kappa shape index (κ2) is 8.87. The van der Waals surface area contributed by atoms with Crippen LogP contribution in [0.25, 0.3) is 0 Å². The molecule has 3 rings (SSSR count). The Morgan fingerprint density at radius 3 is 2.90 bits per heavy atom. The minimum Gasteiger partial charge on any atom is -0.490 e. The minimum atomic E-state index is -1.93. The Kier molecular flexibility index (Phi) is 6.25. The van der Waals surface area contributed by atoms with Gasteiger partial charge in [0.25, 0.3) is 12.0 Å². The van der Waals surface area contributed by atoms with Gasteiger partial charge in [-0.15, -0.1) is 0 Å². The highest BCUT2D eigenvalue weighted by Gasteiger charge is 2.37. The molecule has 0 fully saturated rings. The van der Waals surface area contributed by atoms with Crippen molar-refractivity contribution in [2.75, 3.05) is 13.7 Å². The van der Waals surface area contributed by atoms with Gasteiger partial charge in [-0.3, -0.25) is 4.79 Å². The number of fused-ring (bicyclic) bond motifs is 2. The third-order valence-corrected chi connectivity index (χ3v) is 5.09. The van der Waals surface area contributed by atoms with E-state index in [1.54, 1.807) is 38.4 Å². The molecular formula is C21H20F2N4O4. The molecule has 10 heteroatoms. The average Bonchev–Trinajstić information content (AvgIpc) is 2.72. The Morgan fingerprint density at radius 1 is 1.52 bits per heavy atom. The van der Waals surface area contributed by atoms with Gasteiger partial charge < -0.3 is 25.4 Å². The van der Waals surface area contributed by atoms with Crippen LogP contribution in [0.4, 0.5) is 13.6 Å². The Bertz CT molecular complexity index is 1040. The molecule has 1 aliphatic carbocycles. The number of nitrogens with one attached hydrogen (secondary N) is 2. The number of halogens is 2. The summed E-state index contributed by atoms with van der Waals surface area (Å²) in [5.41, 5.74) is 2.87. The smallest absolute Gasteiger partial charge is 0.405 e. The van der Waals surface area contributed by atoms with Crippen molar-refractivity contribution in [3.8, 4) is 6.07 Å². The van der Waals surface area contributed by atoms with Gasteiger partial charge in [0.15, 0.2) is 0 Å². The number of ether oxygens (including phenoxy) is 1. The number of allylic oxidation sites excluding steroid dienone is 3. The van der Waals surface area contributed by atoms with Crippen LogP contribution in [0.15, 0.2) is 70.3 Å². The van der Waals surface area contributed by atoms with Gasteiger partial charge in [-0.05, 0) is 48.8 Å². The van der Waals surface area contributed by atoms with Gasteiger partial charge >= 0.3 is 6.09 Å². The van der Waals surface area contributed by atoms with Gasteiger partial charge in [-0.25, -0.2) is 4.79 Å². The zero-order chi connectivity index (χ0) is 22.7. The first-order valence-electron chi connectivity index (χ1n) is 9.36. The Labute approximate surface area is 177 Å². The minimum absolute atomic E-state index is 0.153. The lowest BCUT2D eigenvalue weighted by molar-refractivity contribution is -0.126. The largest absolute Gasteiger partial charge is 0.490 e. The Morgan fingerprint density at radius 2 is 2.26 bits per heavy atom.